The molecule has 2 rings (SSSR count). The molecule has 1 fully saturated rings. The molecule has 0 spiro atoms. The Kier molecular flexibility index (Phi) is 10.6. The Morgan fingerprint density at radius 2 is 1.87 bits per heavy atom. The molecular formula is C15H24Cl2N4O2. The highest BCUT2D eigenvalue weighted by Crippen LogP contribution is 2.13. The SMILES string of the molecule is Cl.Cl.NCC(=O)NCC(=O)NC1CCN(Cc2ccccc2)C1. The largest absolute Gasteiger partial charge is 0.350 e. The van der Waals surface area contributed by atoms with Gasteiger partial charge in [-0.1, -0.05) is 30.3 Å². The van der Waals surface area contributed by atoms with Crippen molar-refractivity contribution in [1.29, 1.82) is 0 Å². The lowest BCUT2D eigenvalue weighted by atomic mass is 10.2. The lowest BCUT2D eigenvalue weighted by Gasteiger charge is -2.17. The van der Waals surface area contributed by atoms with Gasteiger partial charge in [-0.15, -0.1) is 24.8 Å². The topological polar surface area (TPSA) is 87.5 Å². The maximum absolute atomic E-state index is 11.7. The molecule has 1 heterocycles. The van der Waals surface area contributed by atoms with Gasteiger partial charge in [-0.05, 0) is 12.0 Å². The maximum atomic E-state index is 11.7. The number of carbonyl (C=O) groups excluding carboxylic acids is 2. The number of hydrogen-bond acceptors (Lipinski definition) is 4. The molecule has 4 N–H and O–H groups in total. The van der Waals surface area contributed by atoms with Crippen LogP contribution in [0.15, 0.2) is 30.3 Å². The van der Waals surface area contributed by atoms with E-state index in [1.165, 1.54) is 5.56 Å². The molecule has 1 saturated heterocycles. The van der Waals surface area contributed by atoms with Crippen molar-refractivity contribution < 1.29 is 9.59 Å². The quantitative estimate of drug-likeness (QED) is 0.678. The number of nitrogens with zero attached hydrogens (tertiary/aromatic N) is 1. The van der Waals surface area contributed by atoms with E-state index in [0.29, 0.717) is 0 Å². The first-order valence-corrected chi connectivity index (χ1v) is 7.20. The highest BCUT2D eigenvalue weighted by atomic mass is 35.5. The summed E-state index contributed by atoms with van der Waals surface area (Å²) in [4.78, 5) is 25.0. The first-order chi connectivity index (χ1) is 10.2. The molecule has 0 radical (unpaired) electrons. The van der Waals surface area contributed by atoms with E-state index < -0.39 is 0 Å². The summed E-state index contributed by atoms with van der Waals surface area (Å²) >= 11 is 0. The van der Waals surface area contributed by atoms with Gasteiger partial charge in [0.2, 0.25) is 11.8 Å². The van der Waals surface area contributed by atoms with Crippen LogP contribution in [-0.2, 0) is 16.1 Å². The average molecular weight is 363 g/mol. The van der Waals surface area contributed by atoms with Crippen LogP contribution >= 0.6 is 24.8 Å². The second-order valence-corrected chi connectivity index (χ2v) is 5.25. The predicted molar refractivity (Wildman–Crippen MR) is 94.8 cm³/mol. The number of carbonyl (C=O) groups is 2. The Hall–Kier alpha value is -1.34. The minimum atomic E-state index is -0.317. The van der Waals surface area contributed by atoms with Crippen molar-refractivity contribution in [2.75, 3.05) is 26.2 Å². The summed E-state index contributed by atoms with van der Waals surface area (Å²) in [5.74, 6) is -0.481. The zero-order valence-corrected chi connectivity index (χ0v) is 14.5. The lowest BCUT2D eigenvalue weighted by Crippen LogP contribution is -2.44. The van der Waals surface area contributed by atoms with Gasteiger partial charge in [-0.25, -0.2) is 0 Å². The van der Waals surface area contributed by atoms with E-state index in [1.807, 2.05) is 18.2 Å². The van der Waals surface area contributed by atoms with E-state index in [2.05, 4.69) is 27.7 Å². The Labute approximate surface area is 149 Å². The Morgan fingerprint density at radius 1 is 1.17 bits per heavy atom. The van der Waals surface area contributed by atoms with Gasteiger partial charge in [0.15, 0.2) is 0 Å². The summed E-state index contributed by atoms with van der Waals surface area (Å²) in [6.07, 6.45) is 0.934. The monoisotopic (exact) mass is 362 g/mol. The number of nitrogens with two attached hydrogens (primary N) is 1. The molecule has 1 unspecified atom stereocenters. The first kappa shape index (κ1) is 21.7. The number of halogens is 2. The molecule has 1 aliphatic heterocycles. The van der Waals surface area contributed by atoms with Crippen LogP contribution in [0.5, 0.6) is 0 Å². The molecule has 1 aromatic rings. The third-order valence-electron chi connectivity index (χ3n) is 3.52. The van der Waals surface area contributed by atoms with Crippen LogP contribution in [0, 0.1) is 0 Å². The minimum Gasteiger partial charge on any atom is -0.350 e. The van der Waals surface area contributed by atoms with Crippen LogP contribution in [0.3, 0.4) is 0 Å². The predicted octanol–water partition coefficient (Wildman–Crippen LogP) is 0.296. The van der Waals surface area contributed by atoms with Crippen molar-refractivity contribution >= 4 is 36.6 Å². The van der Waals surface area contributed by atoms with Crippen LogP contribution < -0.4 is 16.4 Å². The first-order valence-electron chi connectivity index (χ1n) is 7.20. The molecule has 0 aliphatic carbocycles. The van der Waals surface area contributed by atoms with E-state index in [4.69, 9.17) is 5.73 Å². The van der Waals surface area contributed by atoms with Crippen LogP contribution in [0.2, 0.25) is 0 Å². The fourth-order valence-corrected chi connectivity index (χ4v) is 2.47. The third-order valence-corrected chi connectivity index (χ3v) is 3.52. The maximum Gasteiger partial charge on any atom is 0.239 e. The van der Waals surface area contributed by atoms with Crippen molar-refractivity contribution in [2.45, 2.75) is 19.0 Å². The van der Waals surface area contributed by atoms with Gasteiger partial charge < -0.3 is 16.4 Å². The summed E-state index contributed by atoms with van der Waals surface area (Å²) in [7, 11) is 0. The highest BCUT2D eigenvalue weighted by molar-refractivity contribution is 5.86. The molecule has 6 nitrogen and oxygen atoms in total. The van der Waals surface area contributed by atoms with Crippen molar-refractivity contribution in [1.82, 2.24) is 15.5 Å². The molecule has 1 aromatic carbocycles. The number of nitrogens with one attached hydrogen (secondary N) is 2. The molecule has 0 aromatic heterocycles. The summed E-state index contributed by atoms with van der Waals surface area (Å²) in [5, 5.41) is 5.41. The molecule has 23 heavy (non-hydrogen) atoms. The number of hydrogen-bond donors (Lipinski definition) is 3. The zero-order valence-electron chi connectivity index (χ0n) is 12.9. The second kappa shape index (κ2) is 11.2. The van der Waals surface area contributed by atoms with Gasteiger partial charge in [0.25, 0.3) is 0 Å². The van der Waals surface area contributed by atoms with E-state index in [-0.39, 0.29) is 55.8 Å². The molecule has 8 heteroatoms. The van der Waals surface area contributed by atoms with Crippen molar-refractivity contribution in [3.8, 4) is 0 Å². The molecular weight excluding hydrogens is 339 g/mol. The zero-order chi connectivity index (χ0) is 15.1. The van der Waals surface area contributed by atoms with E-state index in [1.54, 1.807) is 0 Å². The third kappa shape index (κ3) is 7.65. The van der Waals surface area contributed by atoms with Crippen molar-refractivity contribution in [3.63, 3.8) is 0 Å². The van der Waals surface area contributed by atoms with Crippen LogP contribution in [0.4, 0.5) is 0 Å². The summed E-state index contributed by atoms with van der Waals surface area (Å²) in [6, 6.07) is 10.4. The molecule has 130 valence electrons. The number of benzene rings is 1. The van der Waals surface area contributed by atoms with E-state index in [9.17, 15) is 9.59 Å². The molecule has 1 atom stereocenters. The Bertz CT molecular complexity index is 488. The van der Waals surface area contributed by atoms with E-state index >= 15 is 0 Å². The Balaban J connectivity index is 0.00000242. The standard InChI is InChI=1S/C15H22N4O2.2ClH/c16-8-14(20)17-9-15(21)18-13-6-7-19(11-13)10-12-4-2-1-3-5-12;;/h1-5,13H,6-11,16H2,(H,17,20)(H,18,21);2*1H. The number of rotatable bonds is 6. The minimum absolute atomic E-state index is 0. The van der Waals surface area contributed by atoms with Gasteiger partial charge in [0, 0.05) is 25.7 Å². The van der Waals surface area contributed by atoms with Gasteiger partial charge in [-0.2, -0.15) is 0 Å². The van der Waals surface area contributed by atoms with Crippen molar-refractivity contribution in [3.05, 3.63) is 35.9 Å². The normalized spacial score (nSPS) is 16.8. The van der Waals surface area contributed by atoms with E-state index in [0.717, 1.165) is 26.1 Å². The molecule has 1 aliphatic rings. The highest BCUT2D eigenvalue weighted by Gasteiger charge is 2.23. The second-order valence-electron chi connectivity index (χ2n) is 5.25. The summed E-state index contributed by atoms with van der Waals surface area (Å²) < 4.78 is 0. The van der Waals surface area contributed by atoms with Gasteiger partial charge in [0.1, 0.15) is 0 Å². The number of amides is 2. The van der Waals surface area contributed by atoms with Gasteiger partial charge >= 0.3 is 0 Å². The Morgan fingerprint density at radius 3 is 2.52 bits per heavy atom. The van der Waals surface area contributed by atoms with Gasteiger partial charge in [-0.3, -0.25) is 14.5 Å². The molecule has 0 bridgehead atoms. The molecule has 0 saturated carbocycles. The average Bonchev–Trinajstić information content (AvgIpc) is 2.92. The van der Waals surface area contributed by atoms with Crippen LogP contribution in [0.1, 0.15) is 12.0 Å². The fourth-order valence-electron chi connectivity index (χ4n) is 2.47. The van der Waals surface area contributed by atoms with Gasteiger partial charge in [0.05, 0.1) is 13.1 Å². The fraction of sp³-hybridized carbons (Fsp3) is 0.467. The smallest absolute Gasteiger partial charge is 0.239 e. The van der Waals surface area contributed by atoms with Crippen molar-refractivity contribution in [2.24, 2.45) is 5.73 Å². The molecule has 2 amide bonds. The van der Waals surface area contributed by atoms with Crippen LogP contribution in [0.25, 0.3) is 0 Å². The number of likely N-dealkylation sites (tertiary alicyclic amines) is 1. The van der Waals surface area contributed by atoms with Crippen LogP contribution in [-0.4, -0.2) is 48.9 Å². The summed E-state index contributed by atoms with van der Waals surface area (Å²) in [6.45, 7) is 2.60. The lowest BCUT2D eigenvalue weighted by molar-refractivity contribution is -0.125. The summed E-state index contributed by atoms with van der Waals surface area (Å²) in [5.41, 5.74) is 6.44.